The van der Waals surface area contributed by atoms with Gasteiger partial charge in [0.25, 0.3) is 0 Å². The summed E-state index contributed by atoms with van der Waals surface area (Å²) in [4.78, 5) is 4.00. The van der Waals surface area contributed by atoms with E-state index in [2.05, 4.69) is 24.1 Å². The maximum absolute atomic E-state index is 5.09. The van der Waals surface area contributed by atoms with Crippen molar-refractivity contribution in [3.63, 3.8) is 0 Å². The smallest absolute Gasteiger partial charge is 0.0499 e. The van der Waals surface area contributed by atoms with E-state index in [1.165, 1.54) is 5.56 Å². The van der Waals surface area contributed by atoms with E-state index in [1.807, 2.05) is 24.5 Å². The Kier molecular flexibility index (Phi) is 5.29. The molecule has 0 aromatic carbocycles. The van der Waals surface area contributed by atoms with E-state index >= 15 is 0 Å². The van der Waals surface area contributed by atoms with E-state index in [-0.39, 0.29) is 0 Å². The number of nitrogens with one attached hydrogen (secondary N) is 1. The summed E-state index contributed by atoms with van der Waals surface area (Å²) in [5.74, 6) is 0.541. The largest absolute Gasteiger partial charge is 0.384 e. The van der Waals surface area contributed by atoms with Crippen molar-refractivity contribution >= 4 is 0 Å². The lowest BCUT2D eigenvalue weighted by atomic mass is 10.1. The summed E-state index contributed by atoms with van der Waals surface area (Å²) in [7, 11) is 1.74. The number of pyridine rings is 1. The van der Waals surface area contributed by atoms with E-state index in [0.29, 0.717) is 12.0 Å². The van der Waals surface area contributed by atoms with Gasteiger partial charge in [-0.05, 0) is 30.5 Å². The van der Waals surface area contributed by atoms with Crippen LogP contribution in [0.25, 0.3) is 0 Å². The van der Waals surface area contributed by atoms with Gasteiger partial charge in [-0.2, -0.15) is 0 Å². The standard InChI is InChI=1S/C12H20N2O/c1-10(9-15-3)8-14-11(2)12-4-6-13-7-5-12/h4-7,10-11,14H,8-9H2,1-3H3. The van der Waals surface area contributed by atoms with Crippen LogP contribution in [0.2, 0.25) is 0 Å². The van der Waals surface area contributed by atoms with Crippen molar-refractivity contribution in [2.45, 2.75) is 19.9 Å². The monoisotopic (exact) mass is 208 g/mol. The lowest BCUT2D eigenvalue weighted by Gasteiger charge is -2.17. The Labute approximate surface area is 91.9 Å². The van der Waals surface area contributed by atoms with Crippen LogP contribution < -0.4 is 5.32 Å². The van der Waals surface area contributed by atoms with Gasteiger partial charge >= 0.3 is 0 Å². The number of hydrogen-bond acceptors (Lipinski definition) is 3. The number of ether oxygens (including phenoxy) is 1. The zero-order chi connectivity index (χ0) is 11.1. The van der Waals surface area contributed by atoms with Crippen LogP contribution in [0.4, 0.5) is 0 Å². The Balaban J connectivity index is 2.33. The molecule has 0 saturated heterocycles. The van der Waals surface area contributed by atoms with E-state index in [4.69, 9.17) is 4.74 Å². The molecule has 1 N–H and O–H groups in total. The van der Waals surface area contributed by atoms with Crippen LogP contribution in [0.3, 0.4) is 0 Å². The van der Waals surface area contributed by atoms with Crippen LogP contribution in [0.5, 0.6) is 0 Å². The molecule has 1 aromatic rings. The maximum Gasteiger partial charge on any atom is 0.0499 e. The molecule has 0 aliphatic carbocycles. The topological polar surface area (TPSA) is 34.1 Å². The highest BCUT2D eigenvalue weighted by atomic mass is 16.5. The number of hydrogen-bond donors (Lipinski definition) is 1. The molecule has 3 heteroatoms. The van der Waals surface area contributed by atoms with Crippen LogP contribution in [0, 0.1) is 5.92 Å². The van der Waals surface area contributed by atoms with Crippen molar-refractivity contribution in [3.8, 4) is 0 Å². The molecule has 0 aliphatic heterocycles. The van der Waals surface area contributed by atoms with Crippen molar-refractivity contribution < 1.29 is 4.74 Å². The predicted octanol–water partition coefficient (Wildman–Crippen LogP) is 2.01. The van der Waals surface area contributed by atoms with Gasteiger partial charge in [0.05, 0.1) is 0 Å². The van der Waals surface area contributed by atoms with Gasteiger partial charge in [0.1, 0.15) is 0 Å². The van der Waals surface area contributed by atoms with Crippen LogP contribution in [-0.2, 0) is 4.74 Å². The second-order valence-corrected chi connectivity index (χ2v) is 3.97. The fourth-order valence-electron chi connectivity index (χ4n) is 1.49. The first-order chi connectivity index (χ1) is 7.24. The third-order valence-corrected chi connectivity index (χ3v) is 2.43. The average molecular weight is 208 g/mol. The molecular formula is C12H20N2O. The summed E-state index contributed by atoms with van der Waals surface area (Å²) in [6.07, 6.45) is 3.65. The molecule has 3 nitrogen and oxygen atoms in total. The van der Waals surface area contributed by atoms with Crippen molar-refractivity contribution in [2.75, 3.05) is 20.3 Å². The molecule has 0 aliphatic rings. The van der Waals surface area contributed by atoms with Gasteiger partial charge in [-0.15, -0.1) is 0 Å². The van der Waals surface area contributed by atoms with Gasteiger partial charge < -0.3 is 10.1 Å². The quantitative estimate of drug-likeness (QED) is 0.776. The normalized spacial score (nSPS) is 14.9. The summed E-state index contributed by atoms with van der Waals surface area (Å²) >= 11 is 0. The summed E-state index contributed by atoms with van der Waals surface area (Å²) in [5.41, 5.74) is 1.27. The van der Waals surface area contributed by atoms with Gasteiger partial charge in [0.2, 0.25) is 0 Å². The van der Waals surface area contributed by atoms with Crippen LogP contribution in [0.15, 0.2) is 24.5 Å². The van der Waals surface area contributed by atoms with E-state index in [1.54, 1.807) is 7.11 Å². The molecule has 1 rings (SSSR count). The first-order valence-electron chi connectivity index (χ1n) is 5.36. The summed E-state index contributed by atoms with van der Waals surface area (Å²) in [6, 6.07) is 4.45. The summed E-state index contributed by atoms with van der Waals surface area (Å²) in [6.45, 7) is 6.11. The highest BCUT2D eigenvalue weighted by molar-refractivity contribution is 5.13. The van der Waals surface area contributed by atoms with Crippen molar-refractivity contribution in [1.82, 2.24) is 10.3 Å². The van der Waals surface area contributed by atoms with Gasteiger partial charge in [0.15, 0.2) is 0 Å². The molecule has 0 radical (unpaired) electrons. The first-order valence-corrected chi connectivity index (χ1v) is 5.36. The van der Waals surface area contributed by atoms with Gasteiger partial charge in [-0.3, -0.25) is 4.98 Å². The van der Waals surface area contributed by atoms with Crippen LogP contribution >= 0.6 is 0 Å². The molecule has 0 spiro atoms. The van der Waals surface area contributed by atoms with Gasteiger partial charge in [-0.25, -0.2) is 0 Å². The Hall–Kier alpha value is -0.930. The van der Waals surface area contributed by atoms with E-state index < -0.39 is 0 Å². The Bertz CT molecular complexity index is 264. The van der Waals surface area contributed by atoms with Gasteiger partial charge in [-0.1, -0.05) is 6.92 Å². The molecule has 2 atom stereocenters. The molecule has 0 bridgehead atoms. The Morgan fingerprint density at radius 1 is 1.33 bits per heavy atom. The lowest BCUT2D eigenvalue weighted by Crippen LogP contribution is -2.26. The van der Waals surface area contributed by atoms with Crippen LogP contribution in [0.1, 0.15) is 25.5 Å². The number of methoxy groups -OCH3 is 1. The average Bonchev–Trinajstić information content (AvgIpc) is 2.27. The molecular weight excluding hydrogens is 188 g/mol. The number of nitrogens with zero attached hydrogens (tertiary/aromatic N) is 1. The zero-order valence-electron chi connectivity index (χ0n) is 9.73. The van der Waals surface area contributed by atoms with Crippen molar-refractivity contribution in [1.29, 1.82) is 0 Å². The number of aromatic nitrogens is 1. The molecule has 0 amide bonds. The fourth-order valence-corrected chi connectivity index (χ4v) is 1.49. The summed E-state index contributed by atoms with van der Waals surface area (Å²) in [5, 5.41) is 3.48. The fraction of sp³-hybridized carbons (Fsp3) is 0.583. The molecule has 0 saturated carbocycles. The molecule has 84 valence electrons. The molecule has 1 aromatic heterocycles. The minimum absolute atomic E-state index is 0.368. The number of rotatable bonds is 6. The molecule has 15 heavy (non-hydrogen) atoms. The molecule has 2 unspecified atom stereocenters. The summed E-state index contributed by atoms with van der Waals surface area (Å²) < 4.78 is 5.09. The minimum atomic E-state index is 0.368. The SMILES string of the molecule is COCC(C)CNC(C)c1ccncc1. The molecule has 0 fully saturated rings. The van der Waals surface area contributed by atoms with E-state index in [9.17, 15) is 0 Å². The Morgan fingerprint density at radius 3 is 2.60 bits per heavy atom. The third kappa shape index (κ3) is 4.40. The second-order valence-electron chi connectivity index (χ2n) is 3.97. The highest BCUT2D eigenvalue weighted by Gasteiger charge is 2.06. The van der Waals surface area contributed by atoms with E-state index in [0.717, 1.165) is 13.2 Å². The van der Waals surface area contributed by atoms with Crippen molar-refractivity contribution in [3.05, 3.63) is 30.1 Å². The maximum atomic E-state index is 5.09. The Morgan fingerprint density at radius 2 is 2.00 bits per heavy atom. The second kappa shape index (κ2) is 6.53. The third-order valence-electron chi connectivity index (χ3n) is 2.43. The van der Waals surface area contributed by atoms with Crippen LogP contribution in [-0.4, -0.2) is 25.2 Å². The van der Waals surface area contributed by atoms with Gasteiger partial charge in [0, 0.05) is 38.7 Å². The highest BCUT2D eigenvalue weighted by Crippen LogP contribution is 2.10. The lowest BCUT2D eigenvalue weighted by molar-refractivity contribution is 0.157. The first kappa shape index (κ1) is 12.1. The van der Waals surface area contributed by atoms with Crippen molar-refractivity contribution in [2.24, 2.45) is 5.92 Å². The minimum Gasteiger partial charge on any atom is -0.384 e. The molecule has 1 heterocycles. The predicted molar refractivity (Wildman–Crippen MR) is 61.7 cm³/mol. The zero-order valence-corrected chi connectivity index (χ0v) is 9.73.